The molecule has 1 atom stereocenters. The maximum atomic E-state index is 12.5. The number of urea groups is 1. The van der Waals surface area contributed by atoms with Gasteiger partial charge in [-0.2, -0.15) is 0 Å². The molecule has 0 fully saturated rings. The molecule has 27 heavy (non-hydrogen) atoms. The molecule has 0 aliphatic rings. The van der Waals surface area contributed by atoms with E-state index >= 15 is 0 Å². The van der Waals surface area contributed by atoms with Crippen LogP contribution in [0.1, 0.15) is 12.5 Å². The molecule has 3 aromatic rings. The average Bonchev–Trinajstić information content (AvgIpc) is 2.70. The number of amides is 2. The first-order valence-corrected chi connectivity index (χ1v) is 9.02. The zero-order valence-corrected chi connectivity index (χ0v) is 15.6. The standard InChI is InChI=1S/C23H24N2O2/c1-18(17-19-9-5-3-6-10-19)25(2)23(26)24-20-13-15-22(16-14-20)27-21-11-7-4-8-12-21/h3-16,18H,17H2,1-2H3,(H,24,26)/t18-/m0/s1. The molecule has 0 aromatic heterocycles. The molecule has 0 radical (unpaired) electrons. The van der Waals surface area contributed by atoms with Gasteiger partial charge in [0, 0.05) is 18.8 Å². The predicted octanol–water partition coefficient (Wildman–Crippen LogP) is 5.57. The normalized spacial score (nSPS) is 11.5. The third-order valence-electron chi connectivity index (χ3n) is 4.44. The number of carbonyl (C=O) groups is 1. The Balaban J connectivity index is 1.55. The maximum absolute atomic E-state index is 12.5. The van der Waals surface area contributed by atoms with Crippen molar-refractivity contribution in [3.63, 3.8) is 0 Å². The summed E-state index contributed by atoms with van der Waals surface area (Å²) in [5.41, 5.74) is 1.95. The average molecular weight is 360 g/mol. The number of carbonyl (C=O) groups excluding carboxylic acids is 1. The van der Waals surface area contributed by atoms with Crippen molar-refractivity contribution in [2.24, 2.45) is 0 Å². The lowest BCUT2D eigenvalue weighted by Gasteiger charge is -2.25. The first-order valence-electron chi connectivity index (χ1n) is 9.02. The van der Waals surface area contributed by atoms with E-state index in [1.165, 1.54) is 5.56 Å². The molecule has 0 unspecified atom stereocenters. The number of nitrogens with zero attached hydrogens (tertiary/aromatic N) is 1. The van der Waals surface area contributed by atoms with E-state index in [-0.39, 0.29) is 12.1 Å². The number of ether oxygens (including phenoxy) is 1. The Morgan fingerprint density at radius 1 is 0.889 bits per heavy atom. The Labute approximate surface area is 160 Å². The first-order chi connectivity index (χ1) is 13.1. The van der Waals surface area contributed by atoms with Gasteiger partial charge < -0.3 is 15.0 Å². The fourth-order valence-corrected chi connectivity index (χ4v) is 2.73. The second-order valence-corrected chi connectivity index (χ2v) is 6.52. The van der Waals surface area contributed by atoms with Gasteiger partial charge in [0.1, 0.15) is 11.5 Å². The maximum Gasteiger partial charge on any atom is 0.321 e. The lowest BCUT2D eigenvalue weighted by molar-refractivity contribution is 0.207. The summed E-state index contributed by atoms with van der Waals surface area (Å²) in [5, 5.41) is 2.93. The van der Waals surface area contributed by atoms with E-state index in [0.717, 1.165) is 23.6 Å². The summed E-state index contributed by atoms with van der Waals surface area (Å²) in [6.45, 7) is 2.05. The van der Waals surface area contributed by atoms with Crippen LogP contribution in [0.15, 0.2) is 84.9 Å². The minimum absolute atomic E-state index is 0.0908. The van der Waals surface area contributed by atoms with Gasteiger partial charge in [0.2, 0.25) is 0 Å². The van der Waals surface area contributed by atoms with Gasteiger partial charge in [-0.1, -0.05) is 48.5 Å². The van der Waals surface area contributed by atoms with Gasteiger partial charge in [0.25, 0.3) is 0 Å². The third-order valence-corrected chi connectivity index (χ3v) is 4.44. The first kappa shape index (κ1) is 18.5. The van der Waals surface area contributed by atoms with Gasteiger partial charge in [-0.15, -0.1) is 0 Å². The van der Waals surface area contributed by atoms with Crippen LogP contribution in [0.4, 0.5) is 10.5 Å². The van der Waals surface area contributed by atoms with Gasteiger partial charge in [0.15, 0.2) is 0 Å². The Morgan fingerprint density at radius 3 is 2.07 bits per heavy atom. The van der Waals surface area contributed by atoms with Crippen LogP contribution in [-0.4, -0.2) is 24.0 Å². The molecule has 0 heterocycles. The van der Waals surface area contributed by atoms with Crippen molar-refractivity contribution >= 4 is 11.7 Å². The summed E-state index contributed by atoms with van der Waals surface area (Å²) in [6, 6.07) is 27.1. The predicted molar refractivity (Wildman–Crippen MR) is 109 cm³/mol. The number of hydrogen-bond donors (Lipinski definition) is 1. The van der Waals surface area contributed by atoms with E-state index in [1.54, 1.807) is 4.90 Å². The van der Waals surface area contributed by atoms with Crippen LogP contribution in [0.5, 0.6) is 11.5 Å². The Hall–Kier alpha value is -3.27. The Kier molecular flexibility index (Phi) is 6.10. The number of likely N-dealkylation sites (N-methyl/N-ethyl adjacent to an activating group) is 1. The number of para-hydroxylation sites is 1. The van der Waals surface area contributed by atoms with Crippen LogP contribution in [-0.2, 0) is 6.42 Å². The van der Waals surface area contributed by atoms with Crippen LogP contribution in [0.2, 0.25) is 0 Å². The smallest absolute Gasteiger partial charge is 0.321 e. The summed E-state index contributed by atoms with van der Waals surface area (Å²) < 4.78 is 5.77. The zero-order chi connectivity index (χ0) is 19.1. The summed E-state index contributed by atoms with van der Waals surface area (Å²) in [7, 11) is 1.82. The number of nitrogens with one attached hydrogen (secondary N) is 1. The molecule has 1 N–H and O–H groups in total. The van der Waals surface area contributed by atoms with Crippen LogP contribution in [0, 0.1) is 0 Å². The highest BCUT2D eigenvalue weighted by Crippen LogP contribution is 2.22. The lowest BCUT2D eigenvalue weighted by Crippen LogP contribution is -2.39. The van der Waals surface area contributed by atoms with Gasteiger partial charge in [0.05, 0.1) is 0 Å². The number of hydrogen-bond acceptors (Lipinski definition) is 2. The van der Waals surface area contributed by atoms with Crippen molar-refractivity contribution in [1.82, 2.24) is 4.90 Å². The van der Waals surface area contributed by atoms with E-state index < -0.39 is 0 Å². The fraction of sp³-hybridized carbons (Fsp3) is 0.174. The highest BCUT2D eigenvalue weighted by molar-refractivity contribution is 5.89. The molecule has 4 nitrogen and oxygen atoms in total. The molecule has 0 saturated heterocycles. The fourth-order valence-electron chi connectivity index (χ4n) is 2.73. The topological polar surface area (TPSA) is 41.6 Å². The lowest BCUT2D eigenvalue weighted by atomic mass is 10.1. The third kappa shape index (κ3) is 5.35. The van der Waals surface area contributed by atoms with Crippen molar-refractivity contribution in [2.45, 2.75) is 19.4 Å². The minimum atomic E-state index is -0.129. The van der Waals surface area contributed by atoms with Gasteiger partial charge >= 0.3 is 6.03 Å². The molecule has 3 aromatic carbocycles. The number of rotatable bonds is 6. The SMILES string of the molecule is C[C@@H](Cc1ccccc1)N(C)C(=O)Nc1ccc(Oc2ccccc2)cc1. The van der Waals surface area contributed by atoms with E-state index in [4.69, 9.17) is 4.74 Å². The molecule has 0 aliphatic carbocycles. The van der Waals surface area contributed by atoms with Crippen LogP contribution in [0.3, 0.4) is 0 Å². The number of anilines is 1. The van der Waals surface area contributed by atoms with Crippen LogP contribution < -0.4 is 10.1 Å². The van der Waals surface area contributed by atoms with Gasteiger partial charge in [-0.25, -0.2) is 4.79 Å². The van der Waals surface area contributed by atoms with Crippen molar-refractivity contribution in [3.8, 4) is 11.5 Å². The van der Waals surface area contributed by atoms with E-state index in [9.17, 15) is 4.79 Å². The molecule has 0 saturated carbocycles. The molecule has 0 aliphatic heterocycles. The molecule has 4 heteroatoms. The zero-order valence-electron chi connectivity index (χ0n) is 15.6. The number of benzene rings is 3. The summed E-state index contributed by atoms with van der Waals surface area (Å²) in [5.74, 6) is 1.51. The monoisotopic (exact) mass is 360 g/mol. The van der Waals surface area contributed by atoms with Gasteiger partial charge in [-0.3, -0.25) is 0 Å². The van der Waals surface area contributed by atoms with Crippen molar-refractivity contribution in [1.29, 1.82) is 0 Å². The molecule has 2 amide bonds. The quantitative estimate of drug-likeness (QED) is 0.624. The Bertz CT molecular complexity index is 849. The van der Waals surface area contributed by atoms with Crippen molar-refractivity contribution in [3.05, 3.63) is 90.5 Å². The molecule has 0 bridgehead atoms. The van der Waals surface area contributed by atoms with Crippen LogP contribution >= 0.6 is 0 Å². The van der Waals surface area contributed by atoms with Crippen LogP contribution in [0.25, 0.3) is 0 Å². The second kappa shape index (κ2) is 8.90. The minimum Gasteiger partial charge on any atom is -0.457 e. The summed E-state index contributed by atoms with van der Waals surface area (Å²) in [4.78, 5) is 14.2. The molecular formula is C23H24N2O2. The summed E-state index contributed by atoms with van der Waals surface area (Å²) >= 11 is 0. The van der Waals surface area contributed by atoms with Crippen molar-refractivity contribution in [2.75, 3.05) is 12.4 Å². The van der Waals surface area contributed by atoms with E-state index in [2.05, 4.69) is 17.4 Å². The molecular weight excluding hydrogens is 336 g/mol. The molecule has 3 rings (SSSR count). The van der Waals surface area contributed by atoms with E-state index in [0.29, 0.717) is 0 Å². The van der Waals surface area contributed by atoms with Crippen molar-refractivity contribution < 1.29 is 9.53 Å². The highest BCUT2D eigenvalue weighted by Gasteiger charge is 2.16. The second-order valence-electron chi connectivity index (χ2n) is 6.52. The Morgan fingerprint density at radius 2 is 1.44 bits per heavy atom. The highest BCUT2D eigenvalue weighted by atomic mass is 16.5. The molecule has 138 valence electrons. The van der Waals surface area contributed by atoms with Gasteiger partial charge in [-0.05, 0) is 55.3 Å². The van der Waals surface area contributed by atoms with E-state index in [1.807, 2.05) is 86.8 Å². The molecule has 0 spiro atoms. The summed E-state index contributed by atoms with van der Waals surface area (Å²) in [6.07, 6.45) is 0.814. The largest absolute Gasteiger partial charge is 0.457 e.